The zero-order valence-corrected chi connectivity index (χ0v) is 14.0. The Morgan fingerprint density at radius 2 is 2.17 bits per heavy atom. The largest absolute Gasteiger partial charge is 0.349 e. The van der Waals surface area contributed by atoms with E-state index in [0.717, 1.165) is 36.4 Å². The summed E-state index contributed by atoms with van der Waals surface area (Å²) in [6.07, 6.45) is 4.20. The minimum absolute atomic E-state index is 0.0163. The molecule has 1 aromatic carbocycles. The molecule has 1 aliphatic rings. The van der Waals surface area contributed by atoms with Crippen molar-refractivity contribution in [1.29, 1.82) is 0 Å². The quantitative estimate of drug-likeness (QED) is 0.753. The van der Waals surface area contributed by atoms with Crippen LogP contribution in [-0.4, -0.2) is 31.9 Å². The van der Waals surface area contributed by atoms with E-state index in [4.69, 9.17) is 0 Å². The predicted octanol–water partition coefficient (Wildman–Crippen LogP) is 2.76. The first-order chi connectivity index (χ1) is 11.3. The Morgan fingerprint density at radius 3 is 2.87 bits per heavy atom. The van der Waals surface area contributed by atoms with Crippen molar-refractivity contribution in [1.82, 2.24) is 25.5 Å². The topological polar surface area (TPSA) is 72.7 Å². The van der Waals surface area contributed by atoms with Gasteiger partial charge in [-0.25, -0.2) is 4.68 Å². The normalized spacial score (nSPS) is 15.3. The van der Waals surface area contributed by atoms with Gasteiger partial charge in [-0.1, -0.05) is 55.4 Å². The summed E-state index contributed by atoms with van der Waals surface area (Å²) in [5, 5.41) is 15.6. The number of hydrogen-bond acceptors (Lipinski definition) is 5. The van der Waals surface area contributed by atoms with Crippen molar-refractivity contribution < 1.29 is 4.79 Å². The maximum Gasteiger partial charge on any atom is 0.230 e. The number of thioether (sulfide) groups is 1. The summed E-state index contributed by atoms with van der Waals surface area (Å²) >= 11 is 1.40. The highest BCUT2D eigenvalue weighted by Gasteiger charge is 2.28. The molecular formula is C16H21N5OS. The van der Waals surface area contributed by atoms with Gasteiger partial charge in [-0.05, 0) is 35.3 Å². The van der Waals surface area contributed by atoms with Gasteiger partial charge in [-0.15, -0.1) is 5.10 Å². The summed E-state index contributed by atoms with van der Waals surface area (Å²) in [4.78, 5) is 12.3. The van der Waals surface area contributed by atoms with E-state index in [0.29, 0.717) is 11.8 Å². The number of aromatic nitrogens is 4. The first kappa shape index (κ1) is 16.0. The molecular weight excluding hydrogens is 310 g/mol. The smallest absolute Gasteiger partial charge is 0.230 e. The van der Waals surface area contributed by atoms with E-state index in [1.54, 1.807) is 0 Å². The number of nitrogens with one attached hydrogen (secondary N) is 1. The Bertz CT molecular complexity index is 641. The SMILES string of the molecule is CCC[C@@H](NC(=O)CSc1nnnn1C1CC1)c1ccccc1. The molecule has 6 nitrogen and oxygen atoms in total. The lowest BCUT2D eigenvalue weighted by Gasteiger charge is -2.18. The van der Waals surface area contributed by atoms with Crippen molar-refractivity contribution >= 4 is 17.7 Å². The van der Waals surface area contributed by atoms with Crippen LogP contribution < -0.4 is 5.32 Å². The zero-order valence-electron chi connectivity index (χ0n) is 13.2. The third-order valence-corrected chi connectivity index (χ3v) is 4.74. The van der Waals surface area contributed by atoms with Gasteiger partial charge in [0, 0.05) is 0 Å². The van der Waals surface area contributed by atoms with Crippen molar-refractivity contribution in [3.8, 4) is 0 Å². The first-order valence-electron chi connectivity index (χ1n) is 8.03. The molecule has 1 saturated carbocycles. The summed E-state index contributed by atoms with van der Waals surface area (Å²) in [5.74, 6) is 0.350. The van der Waals surface area contributed by atoms with Crippen molar-refractivity contribution in [2.24, 2.45) is 0 Å². The minimum Gasteiger partial charge on any atom is -0.349 e. The highest BCUT2D eigenvalue weighted by molar-refractivity contribution is 7.99. The first-order valence-corrected chi connectivity index (χ1v) is 9.01. The average Bonchev–Trinajstić information content (AvgIpc) is 3.31. The van der Waals surface area contributed by atoms with E-state index in [-0.39, 0.29) is 11.9 Å². The van der Waals surface area contributed by atoms with Crippen molar-refractivity contribution in [3.63, 3.8) is 0 Å². The molecule has 3 rings (SSSR count). The van der Waals surface area contributed by atoms with Crippen LogP contribution in [0.1, 0.15) is 50.3 Å². The number of benzene rings is 1. The highest BCUT2D eigenvalue weighted by atomic mass is 32.2. The van der Waals surface area contributed by atoms with Crippen molar-refractivity contribution in [3.05, 3.63) is 35.9 Å². The molecule has 0 bridgehead atoms. The number of carbonyl (C=O) groups is 1. The van der Waals surface area contributed by atoms with Crippen molar-refractivity contribution in [2.75, 3.05) is 5.75 Å². The average molecular weight is 331 g/mol. The number of rotatable bonds is 8. The minimum atomic E-state index is 0.0163. The van der Waals surface area contributed by atoms with Gasteiger partial charge in [-0.2, -0.15) is 0 Å². The summed E-state index contributed by atoms with van der Waals surface area (Å²) in [6.45, 7) is 2.13. The van der Waals surface area contributed by atoms with Crippen molar-refractivity contribution in [2.45, 2.75) is 49.8 Å². The van der Waals surface area contributed by atoms with E-state index in [1.807, 2.05) is 22.9 Å². The summed E-state index contributed by atoms with van der Waals surface area (Å²) in [6, 6.07) is 10.6. The van der Waals surface area contributed by atoms with Crippen LogP contribution in [0.25, 0.3) is 0 Å². The molecule has 2 aromatic rings. The van der Waals surface area contributed by atoms with Gasteiger partial charge < -0.3 is 5.32 Å². The van der Waals surface area contributed by atoms with Crippen LogP contribution in [0.4, 0.5) is 0 Å². The monoisotopic (exact) mass is 331 g/mol. The molecule has 0 spiro atoms. The Balaban J connectivity index is 1.55. The zero-order chi connectivity index (χ0) is 16.1. The van der Waals surface area contributed by atoms with Gasteiger partial charge in [-0.3, -0.25) is 4.79 Å². The second kappa shape index (κ2) is 7.59. The fraction of sp³-hybridized carbons (Fsp3) is 0.500. The number of tetrazole rings is 1. The predicted molar refractivity (Wildman–Crippen MR) is 89.0 cm³/mol. The molecule has 23 heavy (non-hydrogen) atoms. The molecule has 1 heterocycles. The van der Waals surface area contributed by atoms with Gasteiger partial charge in [0.05, 0.1) is 17.8 Å². The number of nitrogens with zero attached hydrogens (tertiary/aromatic N) is 4. The Labute approximate surface area is 140 Å². The van der Waals surface area contributed by atoms with Crippen LogP contribution in [0.5, 0.6) is 0 Å². The molecule has 1 fully saturated rings. The summed E-state index contributed by atoms with van der Waals surface area (Å²) < 4.78 is 1.83. The molecule has 1 aromatic heterocycles. The molecule has 122 valence electrons. The summed E-state index contributed by atoms with van der Waals surface area (Å²) in [5.41, 5.74) is 1.15. The van der Waals surface area contributed by atoms with Gasteiger partial charge in [0.2, 0.25) is 11.1 Å². The van der Waals surface area contributed by atoms with Crippen LogP contribution in [0, 0.1) is 0 Å². The van der Waals surface area contributed by atoms with Crippen LogP contribution in [0.3, 0.4) is 0 Å². The molecule has 7 heteroatoms. The van der Waals surface area contributed by atoms with Gasteiger partial charge >= 0.3 is 0 Å². The second-order valence-electron chi connectivity index (χ2n) is 5.75. The van der Waals surface area contributed by atoms with E-state index in [1.165, 1.54) is 11.8 Å². The van der Waals surface area contributed by atoms with E-state index in [2.05, 4.69) is 39.9 Å². The fourth-order valence-electron chi connectivity index (χ4n) is 2.49. The van der Waals surface area contributed by atoms with Gasteiger partial charge in [0.25, 0.3) is 0 Å². The highest BCUT2D eigenvalue weighted by Crippen LogP contribution is 2.36. The Hall–Kier alpha value is -1.89. The van der Waals surface area contributed by atoms with Gasteiger partial charge in [0.15, 0.2) is 0 Å². The third-order valence-electron chi connectivity index (χ3n) is 3.80. The maximum atomic E-state index is 12.3. The van der Waals surface area contributed by atoms with E-state index < -0.39 is 0 Å². The van der Waals surface area contributed by atoms with Crippen LogP contribution in [0.2, 0.25) is 0 Å². The molecule has 1 atom stereocenters. The molecule has 0 aliphatic heterocycles. The van der Waals surface area contributed by atoms with Crippen LogP contribution >= 0.6 is 11.8 Å². The lowest BCUT2D eigenvalue weighted by Crippen LogP contribution is -2.30. The molecule has 1 N–H and O–H groups in total. The lowest BCUT2D eigenvalue weighted by molar-refractivity contribution is -0.119. The number of hydrogen-bond donors (Lipinski definition) is 1. The van der Waals surface area contributed by atoms with E-state index in [9.17, 15) is 4.79 Å². The number of amides is 1. The summed E-state index contributed by atoms with van der Waals surface area (Å²) in [7, 11) is 0. The molecule has 0 radical (unpaired) electrons. The molecule has 1 aliphatic carbocycles. The molecule has 0 unspecified atom stereocenters. The lowest BCUT2D eigenvalue weighted by atomic mass is 10.0. The molecule has 0 saturated heterocycles. The fourth-order valence-corrected chi connectivity index (χ4v) is 3.25. The molecule has 1 amide bonds. The Morgan fingerprint density at radius 1 is 1.39 bits per heavy atom. The third kappa shape index (κ3) is 4.31. The standard InChI is InChI=1S/C16H21N5OS/c1-2-6-14(12-7-4-3-5-8-12)17-15(22)11-23-16-18-19-20-21(16)13-9-10-13/h3-5,7-8,13-14H,2,6,9-11H2,1H3,(H,17,22)/t14-/m1/s1. The van der Waals surface area contributed by atoms with E-state index >= 15 is 0 Å². The number of carbonyl (C=O) groups excluding carboxylic acids is 1. The van der Waals surface area contributed by atoms with Gasteiger partial charge in [0.1, 0.15) is 0 Å². The van der Waals surface area contributed by atoms with Crippen LogP contribution in [-0.2, 0) is 4.79 Å². The maximum absolute atomic E-state index is 12.3. The Kier molecular flexibility index (Phi) is 5.27. The van der Waals surface area contributed by atoms with Crippen LogP contribution in [0.15, 0.2) is 35.5 Å². The second-order valence-corrected chi connectivity index (χ2v) is 6.69.